The molecule has 134 valence electrons. The highest BCUT2D eigenvalue weighted by molar-refractivity contribution is 6.43. The van der Waals surface area contributed by atoms with Crippen LogP contribution in [0.15, 0.2) is 58.8 Å². The van der Waals surface area contributed by atoms with Crippen molar-refractivity contribution < 1.29 is 0 Å². The number of hydrogen-bond acceptors (Lipinski definition) is 4. The molecule has 0 spiro atoms. The monoisotopic (exact) mass is 435 g/mol. The first-order valence-electron chi connectivity index (χ1n) is 7.67. The minimum atomic E-state index is 0.410. The van der Waals surface area contributed by atoms with E-state index in [1.807, 2.05) is 0 Å². The quantitative estimate of drug-likeness (QED) is 0.532. The maximum Gasteiger partial charge on any atom is 0.164 e. The Bertz CT molecular complexity index is 1080. The highest BCUT2D eigenvalue weighted by Gasteiger charge is 2.24. The molecular formula is C18H9Cl4N5. The lowest BCUT2D eigenvalue weighted by Gasteiger charge is -2.07. The smallest absolute Gasteiger partial charge is 0.164 e. The average Bonchev–Trinajstić information content (AvgIpc) is 2.96. The Labute approximate surface area is 174 Å². The van der Waals surface area contributed by atoms with E-state index in [0.717, 1.165) is 11.1 Å². The number of rotatable bonds is 2. The number of hydrogen-bond donors (Lipinski definition) is 1. The third kappa shape index (κ3) is 3.92. The molecule has 27 heavy (non-hydrogen) atoms. The third-order valence-electron chi connectivity index (χ3n) is 3.68. The fraction of sp³-hybridized carbons (Fsp3) is 0. The summed E-state index contributed by atoms with van der Waals surface area (Å²) in [6.07, 6.45) is 3.06. The molecule has 4 rings (SSSR count). The highest BCUT2D eigenvalue weighted by atomic mass is 35.5. The van der Waals surface area contributed by atoms with Crippen LogP contribution in [0.3, 0.4) is 0 Å². The number of anilines is 1. The molecule has 0 unspecified atom stereocenters. The summed E-state index contributed by atoms with van der Waals surface area (Å²) >= 11 is 24.1. The number of nitrogens with zero attached hydrogens (tertiary/aromatic N) is 4. The SMILES string of the molecule is Clc1ccc(N=C2N=C(Nc3ccc(Cl)cn3)c3cc(Cl)c(Cl)cc32)nc1. The third-order valence-corrected chi connectivity index (χ3v) is 4.85. The van der Waals surface area contributed by atoms with E-state index in [1.165, 1.54) is 6.20 Å². The highest BCUT2D eigenvalue weighted by Crippen LogP contribution is 2.31. The molecule has 0 fully saturated rings. The van der Waals surface area contributed by atoms with E-state index < -0.39 is 0 Å². The summed E-state index contributed by atoms with van der Waals surface area (Å²) in [5, 5.41) is 5.05. The van der Waals surface area contributed by atoms with E-state index in [9.17, 15) is 0 Å². The molecule has 0 atom stereocenters. The van der Waals surface area contributed by atoms with Gasteiger partial charge in [-0.1, -0.05) is 46.4 Å². The van der Waals surface area contributed by atoms with Gasteiger partial charge in [0.05, 0.1) is 20.1 Å². The Morgan fingerprint density at radius 2 is 1.44 bits per heavy atom. The zero-order valence-electron chi connectivity index (χ0n) is 13.4. The van der Waals surface area contributed by atoms with Gasteiger partial charge in [-0.15, -0.1) is 0 Å². The van der Waals surface area contributed by atoms with E-state index in [0.29, 0.717) is 43.4 Å². The first-order valence-corrected chi connectivity index (χ1v) is 9.18. The normalized spacial score (nSPS) is 14.2. The van der Waals surface area contributed by atoms with Gasteiger partial charge < -0.3 is 5.32 Å². The molecule has 1 aliphatic rings. The number of fused-ring (bicyclic) bond motifs is 1. The summed E-state index contributed by atoms with van der Waals surface area (Å²) in [6, 6.07) is 10.3. The molecule has 1 N–H and O–H groups in total. The molecule has 0 amide bonds. The van der Waals surface area contributed by atoms with Crippen molar-refractivity contribution in [3.8, 4) is 0 Å². The van der Waals surface area contributed by atoms with Gasteiger partial charge in [-0.05, 0) is 36.4 Å². The van der Waals surface area contributed by atoms with Crippen LogP contribution in [0.5, 0.6) is 0 Å². The van der Waals surface area contributed by atoms with Crippen molar-refractivity contribution in [2.45, 2.75) is 0 Å². The van der Waals surface area contributed by atoms with Crippen molar-refractivity contribution in [2.75, 3.05) is 5.32 Å². The van der Waals surface area contributed by atoms with E-state index in [4.69, 9.17) is 46.4 Å². The number of halogens is 4. The summed E-state index contributed by atoms with van der Waals surface area (Å²) in [4.78, 5) is 17.5. The second-order valence-corrected chi connectivity index (χ2v) is 7.22. The summed E-state index contributed by atoms with van der Waals surface area (Å²) in [6.45, 7) is 0. The lowest BCUT2D eigenvalue weighted by Crippen LogP contribution is -2.12. The Hall–Kier alpha value is -2.18. The molecule has 0 saturated carbocycles. The largest absolute Gasteiger partial charge is 0.324 e. The maximum absolute atomic E-state index is 6.19. The molecule has 3 aromatic rings. The number of aromatic nitrogens is 2. The maximum atomic E-state index is 6.19. The van der Waals surface area contributed by atoms with E-state index in [-0.39, 0.29) is 0 Å². The molecule has 0 aliphatic carbocycles. The molecule has 9 heteroatoms. The first-order chi connectivity index (χ1) is 13.0. The number of aliphatic imine (C=N–C) groups is 2. The van der Waals surface area contributed by atoms with Crippen LogP contribution in [0.1, 0.15) is 11.1 Å². The van der Waals surface area contributed by atoms with Crippen LogP contribution in [-0.4, -0.2) is 21.6 Å². The van der Waals surface area contributed by atoms with E-state index in [1.54, 1.807) is 42.6 Å². The second-order valence-electron chi connectivity index (χ2n) is 5.53. The fourth-order valence-electron chi connectivity index (χ4n) is 2.45. The van der Waals surface area contributed by atoms with Gasteiger partial charge in [0.25, 0.3) is 0 Å². The fourth-order valence-corrected chi connectivity index (χ4v) is 3.00. The Kier molecular flexibility index (Phi) is 5.02. The molecule has 1 aliphatic heterocycles. The van der Waals surface area contributed by atoms with Gasteiger partial charge in [-0.2, -0.15) is 0 Å². The van der Waals surface area contributed by atoms with Crippen LogP contribution in [0.4, 0.5) is 11.6 Å². The van der Waals surface area contributed by atoms with Gasteiger partial charge in [0.1, 0.15) is 11.7 Å². The van der Waals surface area contributed by atoms with Gasteiger partial charge in [0.2, 0.25) is 0 Å². The summed E-state index contributed by atoms with van der Waals surface area (Å²) in [5.41, 5.74) is 1.49. The van der Waals surface area contributed by atoms with Crippen LogP contribution < -0.4 is 5.32 Å². The van der Waals surface area contributed by atoms with Gasteiger partial charge in [0.15, 0.2) is 11.7 Å². The number of benzene rings is 1. The molecule has 5 nitrogen and oxygen atoms in total. The molecule has 0 bridgehead atoms. The predicted octanol–water partition coefficient (Wildman–Crippen LogP) is 6.04. The molecule has 3 heterocycles. The zero-order valence-corrected chi connectivity index (χ0v) is 16.4. The second kappa shape index (κ2) is 7.44. The zero-order chi connectivity index (χ0) is 19.0. The number of amidine groups is 2. The topological polar surface area (TPSA) is 62.5 Å². The Morgan fingerprint density at radius 1 is 0.778 bits per heavy atom. The van der Waals surface area contributed by atoms with Crippen LogP contribution in [0.2, 0.25) is 20.1 Å². The minimum absolute atomic E-state index is 0.410. The summed E-state index contributed by atoms with van der Waals surface area (Å²) in [5.74, 6) is 2.06. The van der Waals surface area contributed by atoms with Crippen LogP contribution >= 0.6 is 46.4 Å². The van der Waals surface area contributed by atoms with Gasteiger partial charge >= 0.3 is 0 Å². The molecule has 1 aromatic carbocycles. The minimum Gasteiger partial charge on any atom is -0.324 e. The number of pyridine rings is 2. The van der Waals surface area contributed by atoms with Crippen molar-refractivity contribution in [1.82, 2.24) is 9.97 Å². The standard InChI is InChI=1S/C18H9Cl4N5/c19-9-1-3-15(23-7-9)25-17-11-5-13(21)14(22)6-12(11)18(27-17)26-16-4-2-10(20)8-24-16/h1-8H,(H,23,24,25,26,27). The molecule has 0 saturated heterocycles. The summed E-state index contributed by atoms with van der Waals surface area (Å²) in [7, 11) is 0. The van der Waals surface area contributed by atoms with Crippen molar-refractivity contribution in [3.05, 3.63) is 80.0 Å². The van der Waals surface area contributed by atoms with Crippen LogP contribution in [0.25, 0.3) is 0 Å². The van der Waals surface area contributed by atoms with Crippen molar-refractivity contribution in [2.24, 2.45) is 9.98 Å². The average molecular weight is 437 g/mol. The summed E-state index contributed by atoms with van der Waals surface area (Å²) < 4.78 is 0. The predicted molar refractivity (Wildman–Crippen MR) is 111 cm³/mol. The van der Waals surface area contributed by atoms with Crippen molar-refractivity contribution >= 4 is 69.7 Å². The van der Waals surface area contributed by atoms with Crippen molar-refractivity contribution in [1.29, 1.82) is 0 Å². The van der Waals surface area contributed by atoms with Gasteiger partial charge in [0, 0.05) is 23.5 Å². The first kappa shape index (κ1) is 18.2. The van der Waals surface area contributed by atoms with Crippen LogP contribution in [0, 0.1) is 0 Å². The Morgan fingerprint density at radius 3 is 2.07 bits per heavy atom. The molecule has 2 aromatic heterocycles. The lowest BCUT2D eigenvalue weighted by atomic mass is 10.1. The lowest BCUT2D eigenvalue weighted by molar-refractivity contribution is 1.27. The number of nitrogens with one attached hydrogen (secondary N) is 1. The molecular weight excluding hydrogens is 428 g/mol. The Balaban J connectivity index is 1.78. The van der Waals surface area contributed by atoms with Gasteiger partial charge in [-0.25, -0.2) is 20.0 Å². The van der Waals surface area contributed by atoms with E-state index in [2.05, 4.69) is 25.3 Å². The van der Waals surface area contributed by atoms with Crippen molar-refractivity contribution in [3.63, 3.8) is 0 Å². The van der Waals surface area contributed by atoms with E-state index >= 15 is 0 Å². The van der Waals surface area contributed by atoms with Gasteiger partial charge in [-0.3, -0.25) is 0 Å². The van der Waals surface area contributed by atoms with Crippen LogP contribution in [-0.2, 0) is 0 Å². The molecule has 0 radical (unpaired) electrons.